The van der Waals surface area contributed by atoms with Gasteiger partial charge in [-0.3, -0.25) is 14.4 Å². The molecule has 1 aliphatic carbocycles. The van der Waals surface area contributed by atoms with E-state index in [0.717, 1.165) is 50.1 Å². The Hall–Kier alpha value is -2.57. The monoisotopic (exact) mass is 414 g/mol. The third kappa shape index (κ3) is 6.21. The standard InChI is InChI=1S/C23H34N4O3/c1-16(24-23(30)22(25-17(2)28)18-8-3-4-9-18)14-21(29)26-19-10-7-11-20(15-19)27-12-5-6-13-27/h7,10-11,15-16,18,22H,3-6,8-9,12-14H2,1-2H3,(H,24,30)(H,25,28)(H,26,29). The van der Waals surface area contributed by atoms with Crippen LogP contribution in [0.2, 0.25) is 0 Å². The number of anilines is 2. The second-order valence-electron chi connectivity index (χ2n) is 8.63. The lowest BCUT2D eigenvalue weighted by Gasteiger charge is -2.25. The number of carbonyl (C=O) groups is 3. The summed E-state index contributed by atoms with van der Waals surface area (Å²) in [5.41, 5.74) is 1.89. The van der Waals surface area contributed by atoms with Gasteiger partial charge in [0.05, 0.1) is 0 Å². The summed E-state index contributed by atoms with van der Waals surface area (Å²) in [6.07, 6.45) is 6.64. The SMILES string of the molecule is CC(=O)NC(C(=O)NC(C)CC(=O)Nc1cccc(N2CCCC2)c1)C1CCCC1. The zero-order valence-corrected chi connectivity index (χ0v) is 18.1. The Kier molecular flexibility index (Phi) is 7.71. The maximum absolute atomic E-state index is 12.7. The van der Waals surface area contributed by atoms with Crippen molar-refractivity contribution in [1.29, 1.82) is 0 Å². The molecule has 7 heteroatoms. The van der Waals surface area contributed by atoms with E-state index >= 15 is 0 Å². The molecule has 2 atom stereocenters. The average Bonchev–Trinajstić information content (AvgIpc) is 3.39. The smallest absolute Gasteiger partial charge is 0.243 e. The van der Waals surface area contributed by atoms with Crippen LogP contribution in [0, 0.1) is 5.92 Å². The van der Waals surface area contributed by atoms with Gasteiger partial charge in [-0.2, -0.15) is 0 Å². The van der Waals surface area contributed by atoms with Crippen LogP contribution in [0.15, 0.2) is 24.3 Å². The maximum Gasteiger partial charge on any atom is 0.243 e. The fourth-order valence-corrected chi connectivity index (χ4v) is 4.54. The number of hydrogen-bond acceptors (Lipinski definition) is 4. The first-order valence-electron chi connectivity index (χ1n) is 11.1. The van der Waals surface area contributed by atoms with Crippen LogP contribution >= 0.6 is 0 Å². The van der Waals surface area contributed by atoms with E-state index in [0.29, 0.717) is 0 Å². The quantitative estimate of drug-likeness (QED) is 0.610. The molecule has 7 nitrogen and oxygen atoms in total. The van der Waals surface area contributed by atoms with Crippen LogP contribution < -0.4 is 20.9 Å². The largest absolute Gasteiger partial charge is 0.371 e. The highest BCUT2D eigenvalue weighted by atomic mass is 16.2. The number of carbonyl (C=O) groups excluding carboxylic acids is 3. The normalized spacial score (nSPS) is 18.7. The summed E-state index contributed by atoms with van der Waals surface area (Å²) in [7, 11) is 0. The third-order valence-corrected chi connectivity index (χ3v) is 5.99. The minimum atomic E-state index is -0.521. The van der Waals surface area contributed by atoms with Crippen molar-refractivity contribution in [2.75, 3.05) is 23.3 Å². The van der Waals surface area contributed by atoms with Crippen molar-refractivity contribution in [1.82, 2.24) is 10.6 Å². The summed E-state index contributed by atoms with van der Waals surface area (Å²) in [5.74, 6) is -0.375. The summed E-state index contributed by atoms with van der Waals surface area (Å²) < 4.78 is 0. The maximum atomic E-state index is 12.7. The number of hydrogen-bond donors (Lipinski definition) is 3. The molecule has 3 rings (SSSR count). The molecule has 3 N–H and O–H groups in total. The molecule has 3 amide bonds. The molecule has 30 heavy (non-hydrogen) atoms. The molecular formula is C23H34N4O3. The van der Waals surface area contributed by atoms with Crippen molar-refractivity contribution >= 4 is 29.1 Å². The third-order valence-electron chi connectivity index (χ3n) is 5.99. The van der Waals surface area contributed by atoms with Gasteiger partial charge in [0.2, 0.25) is 17.7 Å². The molecule has 0 radical (unpaired) electrons. The Bertz CT molecular complexity index is 755. The molecule has 1 saturated carbocycles. The highest BCUT2D eigenvalue weighted by Gasteiger charge is 2.32. The Labute approximate surface area is 179 Å². The second-order valence-corrected chi connectivity index (χ2v) is 8.63. The van der Waals surface area contributed by atoms with E-state index < -0.39 is 6.04 Å². The molecule has 1 saturated heterocycles. The molecule has 1 aromatic carbocycles. The molecule has 2 fully saturated rings. The van der Waals surface area contributed by atoms with Gasteiger partial charge in [0.25, 0.3) is 0 Å². The van der Waals surface area contributed by atoms with Crippen molar-refractivity contribution < 1.29 is 14.4 Å². The zero-order valence-electron chi connectivity index (χ0n) is 18.1. The van der Waals surface area contributed by atoms with E-state index in [1.54, 1.807) is 0 Å². The van der Waals surface area contributed by atoms with Crippen molar-refractivity contribution in [3.63, 3.8) is 0 Å². The van der Waals surface area contributed by atoms with Gasteiger partial charge >= 0.3 is 0 Å². The lowest BCUT2D eigenvalue weighted by atomic mass is 9.97. The highest BCUT2D eigenvalue weighted by Crippen LogP contribution is 2.28. The zero-order chi connectivity index (χ0) is 21.5. The van der Waals surface area contributed by atoms with Gasteiger partial charge in [0.15, 0.2) is 0 Å². The van der Waals surface area contributed by atoms with E-state index in [9.17, 15) is 14.4 Å². The van der Waals surface area contributed by atoms with Crippen LogP contribution in [-0.4, -0.2) is 42.9 Å². The van der Waals surface area contributed by atoms with E-state index in [1.807, 2.05) is 25.1 Å². The van der Waals surface area contributed by atoms with Crippen LogP contribution in [0.4, 0.5) is 11.4 Å². The fraction of sp³-hybridized carbons (Fsp3) is 0.609. The van der Waals surface area contributed by atoms with Crippen molar-refractivity contribution in [2.24, 2.45) is 5.92 Å². The average molecular weight is 415 g/mol. The Morgan fingerprint density at radius 1 is 1.07 bits per heavy atom. The van der Waals surface area contributed by atoms with Gasteiger partial charge in [-0.25, -0.2) is 0 Å². The second kappa shape index (κ2) is 10.5. The first kappa shape index (κ1) is 22.1. The van der Waals surface area contributed by atoms with Crippen LogP contribution in [0.25, 0.3) is 0 Å². The summed E-state index contributed by atoms with van der Waals surface area (Å²) in [6.45, 7) is 5.35. The molecule has 1 aromatic rings. The minimum absolute atomic E-state index is 0.140. The van der Waals surface area contributed by atoms with Crippen LogP contribution in [0.3, 0.4) is 0 Å². The fourth-order valence-electron chi connectivity index (χ4n) is 4.54. The summed E-state index contributed by atoms with van der Waals surface area (Å²) >= 11 is 0. The van der Waals surface area contributed by atoms with E-state index in [1.165, 1.54) is 19.8 Å². The van der Waals surface area contributed by atoms with Crippen LogP contribution in [-0.2, 0) is 14.4 Å². The van der Waals surface area contributed by atoms with Gasteiger partial charge < -0.3 is 20.9 Å². The number of benzene rings is 1. The summed E-state index contributed by atoms with van der Waals surface area (Å²) in [5, 5.41) is 8.65. The molecule has 1 heterocycles. The predicted octanol–water partition coefficient (Wildman–Crippen LogP) is 2.82. The van der Waals surface area contributed by atoms with Crippen LogP contribution in [0.5, 0.6) is 0 Å². The van der Waals surface area contributed by atoms with Gasteiger partial charge in [-0.05, 0) is 56.7 Å². The van der Waals surface area contributed by atoms with E-state index in [-0.39, 0.29) is 36.1 Å². The molecule has 1 aliphatic heterocycles. The first-order valence-corrected chi connectivity index (χ1v) is 11.1. The van der Waals surface area contributed by atoms with Crippen LogP contribution in [0.1, 0.15) is 58.8 Å². The molecular weight excluding hydrogens is 380 g/mol. The van der Waals surface area contributed by atoms with Crippen molar-refractivity contribution in [2.45, 2.75) is 70.9 Å². The van der Waals surface area contributed by atoms with Crippen molar-refractivity contribution in [3.8, 4) is 0 Å². The van der Waals surface area contributed by atoms with Gasteiger partial charge in [0, 0.05) is 43.9 Å². The lowest BCUT2D eigenvalue weighted by molar-refractivity contribution is -0.130. The molecule has 0 spiro atoms. The Morgan fingerprint density at radius 3 is 2.43 bits per heavy atom. The minimum Gasteiger partial charge on any atom is -0.371 e. The van der Waals surface area contributed by atoms with Gasteiger partial charge in [-0.15, -0.1) is 0 Å². The lowest BCUT2D eigenvalue weighted by Crippen LogP contribution is -2.52. The van der Waals surface area contributed by atoms with Gasteiger partial charge in [0.1, 0.15) is 6.04 Å². The summed E-state index contributed by atoms with van der Waals surface area (Å²) in [4.78, 5) is 39.1. The van der Waals surface area contributed by atoms with Crippen molar-refractivity contribution in [3.05, 3.63) is 24.3 Å². The highest BCUT2D eigenvalue weighted by molar-refractivity contribution is 5.92. The Morgan fingerprint density at radius 2 is 1.77 bits per heavy atom. The van der Waals surface area contributed by atoms with E-state index in [2.05, 4.69) is 26.9 Å². The number of rotatable bonds is 8. The number of amides is 3. The number of nitrogens with zero attached hydrogens (tertiary/aromatic N) is 1. The molecule has 0 bridgehead atoms. The summed E-state index contributed by atoms with van der Waals surface area (Å²) in [6, 6.07) is 7.06. The Balaban J connectivity index is 1.51. The topological polar surface area (TPSA) is 90.5 Å². The molecule has 0 aromatic heterocycles. The van der Waals surface area contributed by atoms with Gasteiger partial charge in [-0.1, -0.05) is 18.9 Å². The molecule has 2 unspecified atom stereocenters. The predicted molar refractivity (Wildman–Crippen MR) is 118 cm³/mol. The number of nitrogens with one attached hydrogen (secondary N) is 3. The molecule has 164 valence electrons. The molecule has 2 aliphatic rings. The first-order chi connectivity index (χ1) is 14.4. The van der Waals surface area contributed by atoms with E-state index in [4.69, 9.17) is 0 Å².